The molecule has 1 unspecified atom stereocenters. The first kappa shape index (κ1) is 22.8. The van der Waals surface area contributed by atoms with Crippen LogP contribution in [-0.4, -0.2) is 34.1 Å². The van der Waals surface area contributed by atoms with Crippen LogP contribution >= 0.6 is 0 Å². The molecule has 0 radical (unpaired) electrons. The number of aromatic nitrogens is 1. The van der Waals surface area contributed by atoms with Gasteiger partial charge in [-0.1, -0.05) is 42.5 Å². The summed E-state index contributed by atoms with van der Waals surface area (Å²) in [5.41, 5.74) is 4.77. The van der Waals surface area contributed by atoms with Crippen LogP contribution in [0.2, 0.25) is 0 Å². The molecule has 0 fully saturated rings. The van der Waals surface area contributed by atoms with Crippen molar-refractivity contribution in [1.82, 2.24) is 4.98 Å². The van der Waals surface area contributed by atoms with E-state index in [-0.39, 0.29) is 5.78 Å². The maximum atomic E-state index is 14.0. The number of carbonyl (C=O) groups is 2. The van der Waals surface area contributed by atoms with Gasteiger partial charge < -0.3 is 15.8 Å². The first-order valence-electron chi connectivity index (χ1n) is 10.6. The van der Waals surface area contributed by atoms with Crippen molar-refractivity contribution in [3.63, 3.8) is 0 Å². The third-order valence-corrected chi connectivity index (χ3v) is 5.62. The molecule has 0 aliphatic carbocycles. The Labute approximate surface area is 195 Å². The molecule has 0 amide bonds. The van der Waals surface area contributed by atoms with Gasteiger partial charge in [-0.3, -0.25) is 9.59 Å². The maximum absolute atomic E-state index is 14.0. The number of carboxylic acid groups (broad SMARTS) is 1. The highest BCUT2D eigenvalue weighted by molar-refractivity contribution is 6.06. The second-order valence-electron chi connectivity index (χ2n) is 7.97. The average Bonchev–Trinajstić information content (AvgIpc) is 2.84. The number of carbonyl (C=O) groups excluding carboxylic acids is 1. The van der Waals surface area contributed by atoms with Crippen LogP contribution in [0.1, 0.15) is 29.8 Å². The van der Waals surface area contributed by atoms with E-state index in [1.807, 2.05) is 42.5 Å². The predicted octanol–water partition coefficient (Wildman–Crippen LogP) is 5.79. The number of rotatable bonds is 7. The summed E-state index contributed by atoms with van der Waals surface area (Å²) in [4.78, 5) is 27.9. The van der Waals surface area contributed by atoms with Crippen molar-refractivity contribution in [2.45, 2.75) is 19.9 Å². The maximum Gasteiger partial charge on any atom is 0.325 e. The van der Waals surface area contributed by atoms with Crippen LogP contribution in [0.4, 0.5) is 10.1 Å². The van der Waals surface area contributed by atoms with Gasteiger partial charge in [-0.25, -0.2) is 9.37 Å². The summed E-state index contributed by atoms with van der Waals surface area (Å²) in [6.07, 6.45) is 1.09. The highest BCUT2D eigenvalue weighted by Crippen LogP contribution is 2.35. The van der Waals surface area contributed by atoms with E-state index < -0.39 is 17.8 Å². The molecule has 6 nitrogen and oxygen atoms in total. The molecule has 7 heteroatoms. The molecule has 4 rings (SSSR count). The van der Waals surface area contributed by atoms with Gasteiger partial charge in [0, 0.05) is 28.3 Å². The Hall–Kier alpha value is -4.39. The lowest BCUT2D eigenvalue weighted by Gasteiger charge is -2.18. The van der Waals surface area contributed by atoms with E-state index in [0.717, 1.165) is 17.3 Å². The van der Waals surface area contributed by atoms with E-state index in [1.54, 1.807) is 6.07 Å². The van der Waals surface area contributed by atoms with Gasteiger partial charge in [0.1, 0.15) is 11.9 Å². The normalized spacial score (nSPS) is 11.7. The fraction of sp³-hybridized carbons (Fsp3) is 0.111. The van der Waals surface area contributed by atoms with E-state index in [0.29, 0.717) is 39.0 Å². The molecular formula is C27H22FN3O3. The van der Waals surface area contributed by atoms with Crippen molar-refractivity contribution in [3.05, 3.63) is 83.7 Å². The molecule has 3 aromatic carbocycles. The third kappa shape index (κ3) is 4.41. The van der Waals surface area contributed by atoms with Crippen LogP contribution in [0, 0.1) is 11.2 Å². The van der Waals surface area contributed by atoms with E-state index in [2.05, 4.69) is 10.3 Å². The number of aliphatic carboxylic acids is 1. The monoisotopic (exact) mass is 455 g/mol. The molecule has 1 atom stereocenters. The minimum Gasteiger partial charge on any atom is -0.480 e. The Bertz CT molecular complexity index is 1430. The number of halogens is 1. The zero-order valence-electron chi connectivity index (χ0n) is 18.6. The fourth-order valence-electron chi connectivity index (χ4n) is 3.78. The zero-order chi connectivity index (χ0) is 24.4. The molecule has 0 aliphatic rings. The second-order valence-corrected chi connectivity index (χ2v) is 7.97. The van der Waals surface area contributed by atoms with E-state index in [1.165, 1.54) is 32.0 Å². The number of anilines is 1. The summed E-state index contributed by atoms with van der Waals surface area (Å²) in [6.45, 7) is 3.00. The van der Waals surface area contributed by atoms with Gasteiger partial charge in [0.15, 0.2) is 5.78 Å². The summed E-state index contributed by atoms with van der Waals surface area (Å²) >= 11 is 0. The van der Waals surface area contributed by atoms with Crippen molar-refractivity contribution < 1.29 is 19.1 Å². The summed E-state index contributed by atoms with van der Waals surface area (Å²) < 4.78 is 14.0. The molecule has 170 valence electrons. The molecule has 0 bridgehead atoms. The topological polar surface area (TPSA) is 103 Å². The molecular weight excluding hydrogens is 433 g/mol. The van der Waals surface area contributed by atoms with Crippen molar-refractivity contribution in [2.75, 3.05) is 5.32 Å². The lowest BCUT2D eigenvalue weighted by molar-refractivity contribution is -0.137. The van der Waals surface area contributed by atoms with Crippen LogP contribution in [-0.2, 0) is 4.79 Å². The molecule has 4 aromatic rings. The zero-order valence-corrected chi connectivity index (χ0v) is 18.6. The van der Waals surface area contributed by atoms with Gasteiger partial charge in [-0.15, -0.1) is 0 Å². The number of nitrogens with zero attached hydrogens (tertiary/aromatic N) is 1. The van der Waals surface area contributed by atoms with E-state index >= 15 is 0 Å². The van der Waals surface area contributed by atoms with Crippen molar-refractivity contribution >= 4 is 34.6 Å². The number of benzene rings is 3. The number of ketones is 1. The van der Waals surface area contributed by atoms with Crippen molar-refractivity contribution in [1.29, 1.82) is 5.41 Å². The van der Waals surface area contributed by atoms with Crippen molar-refractivity contribution in [2.24, 2.45) is 0 Å². The van der Waals surface area contributed by atoms with E-state index in [9.17, 15) is 19.1 Å². The number of pyridine rings is 1. The standard InChI is InChI=1S/C27H22FN3O3/c1-15(27(33)34)30-26-22-13-21(28)10-11-24(22)31-25(23(26)14-29)18-8-6-17(7-9-18)20-5-3-4-19(12-20)16(2)32/h3-15,29H,1-2H3,(H,30,31)(H,33,34). The Morgan fingerprint density at radius 3 is 2.38 bits per heavy atom. The first-order chi connectivity index (χ1) is 16.3. The molecule has 34 heavy (non-hydrogen) atoms. The van der Waals surface area contributed by atoms with Gasteiger partial charge in [-0.05, 0) is 49.2 Å². The first-order valence-corrected chi connectivity index (χ1v) is 10.6. The lowest BCUT2D eigenvalue weighted by Crippen LogP contribution is -2.26. The number of fused-ring (bicyclic) bond motifs is 1. The Balaban J connectivity index is 1.85. The molecule has 1 aromatic heterocycles. The largest absolute Gasteiger partial charge is 0.480 e. The van der Waals surface area contributed by atoms with Crippen LogP contribution in [0.5, 0.6) is 0 Å². The number of hydrogen-bond acceptors (Lipinski definition) is 5. The quantitative estimate of drug-likeness (QED) is 0.242. The van der Waals surface area contributed by atoms with Crippen molar-refractivity contribution in [3.8, 4) is 22.4 Å². The van der Waals surface area contributed by atoms with Crippen LogP contribution in [0.3, 0.4) is 0 Å². The highest BCUT2D eigenvalue weighted by Gasteiger charge is 2.20. The van der Waals surface area contributed by atoms with Gasteiger partial charge in [-0.2, -0.15) is 0 Å². The Morgan fingerprint density at radius 2 is 1.74 bits per heavy atom. The van der Waals surface area contributed by atoms with Gasteiger partial charge in [0.25, 0.3) is 0 Å². The van der Waals surface area contributed by atoms with E-state index in [4.69, 9.17) is 5.41 Å². The van der Waals surface area contributed by atoms with Crippen LogP contribution < -0.4 is 5.32 Å². The number of Topliss-reactive ketones (excluding diaryl/α,β-unsaturated/α-hetero) is 1. The third-order valence-electron chi connectivity index (χ3n) is 5.62. The second kappa shape index (κ2) is 9.23. The minimum absolute atomic E-state index is 0.0125. The Morgan fingerprint density at radius 1 is 1.03 bits per heavy atom. The van der Waals surface area contributed by atoms with Crippen LogP contribution in [0.25, 0.3) is 33.3 Å². The fourth-order valence-corrected chi connectivity index (χ4v) is 3.78. The SMILES string of the molecule is CC(=O)c1cccc(-c2ccc(-c3nc4ccc(F)cc4c(NC(C)C(=O)O)c3C=N)cc2)c1. The van der Waals surface area contributed by atoms with Gasteiger partial charge >= 0.3 is 5.97 Å². The Kier molecular flexibility index (Phi) is 6.19. The molecule has 0 spiro atoms. The average molecular weight is 455 g/mol. The summed E-state index contributed by atoms with van der Waals surface area (Å²) in [5.74, 6) is -1.57. The highest BCUT2D eigenvalue weighted by atomic mass is 19.1. The van der Waals surface area contributed by atoms with Gasteiger partial charge in [0.2, 0.25) is 0 Å². The number of carboxylic acids is 1. The molecule has 0 saturated carbocycles. The molecule has 3 N–H and O–H groups in total. The molecule has 0 saturated heterocycles. The number of hydrogen-bond donors (Lipinski definition) is 3. The van der Waals surface area contributed by atoms with Gasteiger partial charge in [0.05, 0.1) is 16.9 Å². The number of nitrogens with one attached hydrogen (secondary N) is 2. The predicted molar refractivity (Wildman–Crippen MR) is 131 cm³/mol. The summed E-state index contributed by atoms with van der Waals surface area (Å²) in [6, 6.07) is 18.0. The summed E-state index contributed by atoms with van der Waals surface area (Å²) in [5, 5.41) is 20.7. The molecule has 1 heterocycles. The smallest absolute Gasteiger partial charge is 0.325 e. The minimum atomic E-state index is -1.07. The molecule has 0 aliphatic heterocycles. The van der Waals surface area contributed by atoms with Crippen LogP contribution in [0.15, 0.2) is 66.7 Å². The lowest BCUT2D eigenvalue weighted by atomic mass is 9.97. The summed E-state index contributed by atoms with van der Waals surface area (Å²) in [7, 11) is 0.